The van der Waals surface area contributed by atoms with Gasteiger partial charge in [0, 0.05) is 18.2 Å². The van der Waals surface area contributed by atoms with E-state index in [1.807, 2.05) is 0 Å². The molecular formula is C20H18Br2F3N3O4. The first-order valence-electron chi connectivity index (χ1n) is 9.46. The topological polar surface area (TPSA) is 111 Å². The summed E-state index contributed by atoms with van der Waals surface area (Å²) in [7, 11) is 0. The highest BCUT2D eigenvalue weighted by Gasteiger charge is 2.41. The van der Waals surface area contributed by atoms with Crippen LogP contribution in [0.5, 0.6) is 5.75 Å². The largest absolute Gasteiger partial charge is 0.506 e. The Morgan fingerprint density at radius 3 is 2.50 bits per heavy atom. The molecule has 7 nitrogen and oxygen atoms in total. The van der Waals surface area contributed by atoms with Crippen molar-refractivity contribution in [2.45, 2.75) is 38.0 Å². The number of halogens is 5. The van der Waals surface area contributed by atoms with E-state index in [0.717, 1.165) is 5.56 Å². The van der Waals surface area contributed by atoms with E-state index in [1.165, 1.54) is 13.1 Å². The van der Waals surface area contributed by atoms with E-state index in [4.69, 9.17) is 0 Å². The molecule has 0 bridgehead atoms. The number of hydrogen-bond acceptors (Lipinski definition) is 5. The van der Waals surface area contributed by atoms with Gasteiger partial charge in [0.15, 0.2) is 11.6 Å². The lowest BCUT2D eigenvalue weighted by atomic mass is 9.87. The Morgan fingerprint density at radius 1 is 1.28 bits per heavy atom. The highest BCUT2D eigenvalue weighted by atomic mass is 79.9. The van der Waals surface area contributed by atoms with Crippen LogP contribution < -0.4 is 10.6 Å². The van der Waals surface area contributed by atoms with E-state index in [1.54, 1.807) is 17.4 Å². The number of Topliss-reactive ketones (excluding diaryl/α,β-unsaturated/α-hetero) is 2. The fraction of sp³-hybridized carbons (Fsp3) is 0.350. The average molecular weight is 581 g/mol. The van der Waals surface area contributed by atoms with Gasteiger partial charge >= 0.3 is 12.1 Å². The van der Waals surface area contributed by atoms with Crippen molar-refractivity contribution in [3.05, 3.63) is 49.7 Å². The Morgan fingerprint density at radius 2 is 1.91 bits per heavy atom. The number of amides is 1. The van der Waals surface area contributed by atoms with Gasteiger partial charge in [-0.15, -0.1) is 0 Å². The number of H-pyrrole nitrogens is 1. The van der Waals surface area contributed by atoms with E-state index in [9.17, 15) is 32.7 Å². The van der Waals surface area contributed by atoms with E-state index >= 15 is 0 Å². The van der Waals surface area contributed by atoms with Gasteiger partial charge in [-0.05, 0) is 69.4 Å². The van der Waals surface area contributed by atoms with Crippen LogP contribution in [-0.2, 0) is 11.2 Å². The molecule has 0 fully saturated rings. The van der Waals surface area contributed by atoms with Crippen LogP contribution in [0.25, 0.3) is 0 Å². The minimum atomic E-state index is -5.05. The van der Waals surface area contributed by atoms with Gasteiger partial charge in [-0.1, -0.05) is 0 Å². The summed E-state index contributed by atoms with van der Waals surface area (Å²) in [6.07, 6.45) is -3.42. The number of hydrogen-bond donors (Lipinski definition) is 4. The number of aromatic nitrogens is 1. The molecule has 0 radical (unpaired) electrons. The van der Waals surface area contributed by atoms with Crippen LogP contribution in [0.1, 0.15) is 51.4 Å². The third-order valence-electron chi connectivity index (χ3n) is 5.09. The molecule has 0 spiro atoms. The molecule has 1 aromatic carbocycles. The number of aromatic amines is 1. The molecule has 1 aromatic heterocycles. The number of carbonyl (C=O) groups excluding carboxylic acids is 3. The van der Waals surface area contributed by atoms with Gasteiger partial charge in [-0.3, -0.25) is 14.4 Å². The maximum Gasteiger partial charge on any atom is 0.471 e. The minimum Gasteiger partial charge on any atom is -0.506 e. The quantitative estimate of drug-likeness (QED) is 0.413. The summed E-state index contributed by atoms with van der Waals surface area (Å²) in [6.45, 7) is 1.68. The number of aromatic hydroxyl groups is 1. The summed E-state index contributed by atoms with van der Waals surface area (Å²) in [6, 6.07) is 1.57. The highest BCUT2D eigenvalue weighted by molar-refractivity contribution is 9.11. The molecule has 0 saturated heterocycles. The second kappa shape index (κ2) is 9.36. The Labute approximate surface area is 197 Å². The zero-order valence-electron chi connectivity index (χ0n) is 16.6. The smallest absolute Gasteiger partial charge is 0.471 e. The van der Waals surface area contributed by atoms with Gasteiger partial charge in [-0.2, -0.15) is 13.2 Å². The second-order valence-electron chi connectivity index (χ2n) is 7.34. The number of fused-ring (bicyclic) bond motifs is 1. The maximum atomic E-state index is 12.8. The van der Waals surface area contributed by atoms with Crippen molar-refractivity contribution in [1.29, 1.82) is 0 Å². The lowest BCUT2D eigenvalue weighted by molar-refractivity contribution is -0.174. The third kappa shape index (κ3) is 5.07. The SMILES string of the molecule is CC(NC(=O)C(F)(F)F)c1c[nH]c2c1C(=O)CC(NCCc1cc(Br)c(O)c(Br)c1)C2=O. The van der Waals surface area contributed by atoms with E-state index < -0.39 is 30.0 Å². The van der Waals surface area contributed by atoms with Crippen molar-refractivity contribution < 1.29 is 32.7 Å². The monoisotopic (exact) mass is 579 g/mol. The summed E-state index contributed by atoms with van der Waals surface area (Å²) < 4.78 is 38.6. The molecule has 32 heavy (non-hydrogen) atoms. The molecule has 1 amide bonds. The number of nitrogens with one attached hydrogen (secondary N) is 3. The normalized spacial score (nSPS) is 17.2. The van der Waals surface area contributed by atoms with Gasteiger partial charge in [-0.25, -0.2) is 0 Å². The highest BCUT2D eigenvalue weighted by Crippen LogP contribution is 2.33. The summed E-state index contributed by atoms with van der Waals surface area (Å²) in [5.74, 6) is -2.84. The Balaban J connectivity index is 1.68. The first-order chi connectivity index (χ1) is 14.9. The molecule has 172 valence electrons. The molecule has 0 saturated carbocycles. The average Bonchev–Trinajstić information content (AvgIpc) is 3.15. The number of benzene rings is 1. The third-order valence-corrected chi connectivity index (χ3v) is 6.30. The van der Waals surface area contributed by atoms with Crippen LogP contribution in [0.15, 0.2) is 27.3 Å². The lowest BCUT2D eigenvalue weighted by Gasteiger charge is -2.23. The Kier molecular flexibility index (Phi) is 7.15. The molecule has 0 aliphatic heterocycles. The fourth-order valence-corrected chi connectivity index (χ4v) is 4.78. The van der Waals surface area contributed by atoms with Crippen molar-refractivity contribution in [3.8, 4) is 5.75 Å². The molecule has 4 N–H and O–H groups in total. The lowest BCUT2D eigenvalue weighted by Crippen LogP contribution is -2.44. The van der Waals surface area contributed by atoms with Gasteiger partial charge in [0.2, 0.25) is 0 Å². The van der Waals surface area contributed by atoms with Crippen LogP contribution >= 0.6 is 31.9 Å². The van der Waals surface area contributed by atoms with Gasteiger partial charge < -0.3 is 20.7 Å². The Bertz CT molecular complexity index is 1060. The number of phenolic OH excluding ortho intramolecular Hbond substituents is 1. The number of alkyl halides is 3. The molecule has 1 aliphatic carbocycles. The minimum absolute atomic E-state index is 0.00872. The number of phenols is 1. The first kappa shape index (κ1) is 24.5. The molecule has 1 heterocycles. The first-order valence-corrected chi connectivity index (χ1v) is 11.0. The molecule has 2 aromatic rings. The molecular weight excluding hydrogens is 563 g/mol. The van der Waals surface area contributed by atoms with Gasteiger partial charge in [0.25, 0.3) is 0 Å². The van der Waals surface area contributed by atoms with Crippen molar-refractivity contribution in [1.82, 2.24) is 15.6 Å². The van der Waals surface area contributed by atoms with Crippen LogP contribution in [0.4, 0.5) is 13.2 Å². The molecule has 2 unspecified atom stereocenters. The van der Waals surface area contributed by atoms with Crippen molar-refractivity contribution in [2.75, 3.05) is 6.54 Å². The summed E-state index contributed by atoms with van der Waals surface area (Å²) in [4.78, 5) is 39.4. The summed E-state index contributed by atoms with van der Waals surface area (Å²) >= 11 is 6.50. The molecule has 3 rings (SSSR count). The maximum absolute atomic E-state index is 12.8. The van der Waals surface area contributed by atoms with Crippen LogP contribution in [0.3, 0.4) is 0 Å². The zero-order chi connectivity index (χ0) is 23.8. The number of rotatable bonds is 6. The summed E-state index contributed by atoms with van der Waals surface area (Å²) in [5.41, 5.74) is 1.03. The van der Waals surface area contributed by atoms with Crippen molar-refractivity contribution in [3.63, 3.8) is 0 Å². The number of ketones is 2. The fourth-order valence-electron chi connectivity index (χ4n) is 3.50. The van der Waals surface area contributed by atoms with E-state index in [2.05, 4.69) is 42.2 Å². The molecule has 1 aliphatic rings. The number of carbonyl (C=O) groups is 3. The predicted molar refractivity (Wildman–Crippen MR) is 116 cm³/mol. The predicted octanol–water partition coefficient (Wildman–Crippen LogP) is 3.95. The molecule has 2 atom stereocenters. The van der Waals surface area contributed by atoms with Crippen LogP contribution in [-0.4, -0.2) is 46.3 Å². The van der Waals surface area contributed by atoms with E-state index in [-0.39, 0.29) is 34.8 Å². The summed E-state index contributed by atoms with van der Waals surface area (Å²) in [5, 5.41) is 14.6. The zero-order valence-corrected chi connectivity index (χ0v) is 19.7. The van der Waals surface area contributed by atoms with Crippen molar-refractivity contribution in [2.24, 2.45) is 0 Å². The van der Waals surface area contributed by atoms with Crippen molar-refractivity contribution >= 4 is 49.3 Å². The van der Waals surface area contributed by atoms with Crippen LogP contribution in [0, 0.1) is 0 Å². The van der Waals surface area contributed by atoms with Gasteiger partial charge in [0.05, 0.1) is 32.3 Å². The van der Waals surface area contributed by atoms with Gasteiger partial charge in [0.1, 0.15) is 5.75 Å². The van der Waals surface area contributed by atoms with E-state index in [0.29, 0.717) is 21.9 Å². The van der Waals surface area contributed by atoms with Crippen LogP contribution in [0.2, 0.25) is 0 Å². The standard InChI is InChI=1S/C20H18Br2F3N3O4/c1-8(28-19(32)20(23,24)25)10-7-27-16-15(10)14(29)6-13(18(16)31)26-3-2-9-4-11(21)17(30)12(22)5-9/h4-5,7-8,13,26-27,30H,2-3,6H2,1H3,(H,28,32). The second-order valence-corrected chi connectivity index (χ2v) is 9.05. The molecule has 12 heteroatoms. The Hall–Kier alpha value is -2.18.